The van der Waals surface area contributed by atoms with Crippen molar-refractivity contribution in [3.05, 3.63) is 90.4 Å². The van der Waals surface area contributed by atoms with Crippen molar-refractivity contribution in [1.82, 2.24) is 25.3 Å². The van der Waals surface area contributed by atoms with Crippen molar-refractivity contribution in [2.45, 2.75) is 6.10 Å². The van der Waals surface area contributed by atoms with Crippen molar-refractivity contribution in [2.75, 3.05) is 13.7 Å². The van der Waals surface area contributed by atoms with Crippen LogP contribution in [0.5, 0.6) is 11.6 Å². The first-order valence-electron chi connectivity index (χ1n) is 11.2. The quantitative estimate of drug-likeness (QED) is 0.277. The van der Waals surface area contributed by atoms with E-state index in [-0.39, 0.29) is 18.2 Å². The van der Waals surface area contributed by atoms with Crippen LogP contribution in [0.2, 0.25) is 0 Å². The molecular weight excluding hydrogens is 458 g/mol. The van der Waals surface area contributed by atoms with Crippen LogP contribution in [0.15, 0.2) is 79.3 Å². The lowest BCUT2D eigenvalue weighted by molar-refractivity contribution is 0.0916. The fourth-order valence-corrected chi connectivity index (χ4v) is 3.93. The number of nitrogens with zero attached hydrogens (tertiary/aromatic N) is 3. The Morgan fingerprint density at radius 3 is 2.75 bits per heavy atom. The fraction of sp³-hybridized carbons (Fsp3) is 0.111. The normalized spacial score (nSPS) is 11.8. The fourth-order valence-electron chi connectivity index (χ4n) is 3.93. The van der Waals surface area contributed by atoms with Crippen molar-refractivity contribution >= 4 is 16.9 Å². The number of aromatic hydroxyl groups is 1. The first kappa shape index (κ1) is 23.0. The molecule has 5 aromatic rings. The van der Waals surface area contributed by atoms with E-state index in [4.69, 9.17) is 4.74 Å². The predicted molar refractivity (Wildman–Crippen MR) is 135 cm³/mol. The minimum atomic E-state index is -0.862. The number of fused-ring (bicyclic) bond motifs is 1. The van der Waals surface area contributed by atoms with Crippen LogP contribution in [0, 0.1) is 0 Å². The maximum absolute atomic E-state index is 12.7. The van der Waals surface area contributed by atoms with Gasteiger partial charge in [-0.2, -0.15) is 0 Å². The molecule has 2 aromatic carbocycles. The molecule has 1 atom stereocenters. The molecule has 9 heteroatoms. The number of hydrogen-bond donors (Lipinski definition) is 4. The van der Waals surface area contributed by atoms with Crippen LogP contribution in [-0.4, -0.2) is 49.7 Å². The molecule has 5 rings (SSSR count). The molecule has 1 amide bonds. The molecule has 0 aliphatic carbocycles. The molecule has 0 spiro atoms. The number of carbonyl (C=O) groups is 1. The van der Waals surface area contributed by atoms with Crippen molar-refractivity contribution in [3.8, 4) is 34.1 Å². The maximum atomic E-state index is 12.7. The predicted octanol–water partition coefficient (Wildman–Crippen LogP) is 3.86. The van der Waals surface area contributed by atoms with Gasteiger partial charge in [0.1, 0.15) is 11.6 Å². The molecule has 36 heavy (non-hydrogen) atoms. The zero-order valence-electron chi connectivity index (χ0n) is 19.3. The van der Waals surface area contributed by atoms with Gasteiger partial charge in [0.25, 0.3) is 5.91 Å². The summed E-state index contributed by atoms with van der Waals surface area (Å²) >= 11 is 0. The zero-order valence-corrected chi connectivity index (χ0v) is 19.3. The highest BCUT2D eigenvalue weighted by Gasteiger charge is 2.16. The highest BCUT2D eigenvalue weighted by molar-refractivity contribution is 5.97. The number of phenols is 1. The van der Waals surface area contributed by atoms with Crippen LogP contribution in [0.4, 0.5) is 0 Å². The number of amides is 1. The second kappa shape index (κ2) is 9.85. The van der Waals surface area contributed by atoms with E-state index in [1.165, 1.54) is 0 Å². The molecule has 0 fully saturated rings. The van der Waals surface area contributed by atoms with Gasteiger partial charge in [-0.05, 0) is 54.1 Å². The SMILES string of the molecule is COc1ncccc1-c1ccc(O)c(-c2nc3ccc(C(=O)NCC(O)c4cccnc4)cc3[nH]2)c1. The molecule has 0 aliphatic rings. The summed E-state index contributed by atoms with van der Waals surface area (Å²) in [5.41, 5.74) is 4.40. The van der Waals surface area contributed by atoms with Gasteiger partial charge >= 0.3 is 0 Å². The Labute approximate surface area is 206 Å². The van der Waals surface area contributed by atoms with E-state index in [0.29, 0.717) is 39.4 Å². The highest BCUT2D eigenvalue weighted by Crippen LogP contribution is 2.35. The van der Waals surface area contributed by atoms with Crippen molar-refractivity contribution < 1.29 is 19.7 Å². The first-order chi connectivity index (χ1) is 17.5. The summed E-state index contributed by atoms with van der Waals surface area (Å²) in [4.78, 5) is 28.7. The van der Waals surface area contributed by atoms with E-state index >= 15 is 0 Å². The lowest BCUT2D eigenvalue weighted by Gasteiger charge is -2.11. The summed E-state index contributed by atoms with van der Waals surface area (Å²) in [7, 11) is 1.56. The Bertz CT molecular complexity index is 1530. The van der Waals surface area contributed by atoms with E-state index in [2.05, 4.69) is 25.3 Å². The van der Waals surface area contributed by atoms with Crippen molar-refractivity contribution in [2.24, 2.45) is 0 Å². The number of nitrogens with one attached hydrogen (secondary N) is 2. The number of phenolic OH excluding ortho intramolecular Hbond substituents is 1. The molecule has 3 aromatic heterocycles. The number of hydrogen-bond acceptors (Lipinski definition) is 7. The molecule has 0 saturated heterocycles. The Morgan fingerprint density at radius 2 is 1.94 bits per heavy atom. The van der Waals surface area contributed by atoms with E-state index in [0.717, 1.165) is 11.1 Å². The average Bonchev–Trinajstić information content (AvgIpc) is 3.35. The van der Waals surface area contributed by atoms with E-state index in [9.17, 15) is 15.0 Å². The summed E-state index contributed by atoms with van der Waals surface area (Å²) in [5, 5.41) is 23.6. The summed E-state index contributed by atoms with van der Waals surface area (Å²) in [6, 6.07) is 17.4. The third kappa shape index (κ3) is 4.59. The second-order valence-electron chi connectivity index (χ2n) is 8.12. The van der Waals surface area contributed by atoms with Gasteiger partial charge in [0.2, 0.25) is 5.88 Å². The Kier molecular flexibility index (Phi) is 6.29. The molecule has 4 N–H and O–H groups in total. The molecular formula is C27H23N5O4. The molecule has 3 heterocycles. The van der Waals surface area contributed by atoms with Crippen LogP contribution in [0.25, 0.3) is 33.5 Å². The van der Waals surface area contributed by atoms with Crippen LogP contribution < -0.4 is 10.1 Å². The lowest BCUT2D eigenvalue weighted by atomic mass is 10.0. The summed E-state index contributed by atoms with van der Waals surface area (Å²) in [6.45, 7) is 0.0509. The van der Waals surface area contributed by atoms with Crippen LogP contribution in [0.3, 0.4) is 0 Å². The number of rotatable bonds is 7. The highest BCUT2D eigenvalue weighted by atomic mass is 16.5. The molecule has 0 saturated carbocycles. The maximum Gasteiger partial charge on any atom is 0.251 e. The minimum absolute atomic E-state index is 0.0509. The van der Waals surface area contributed by atoms with Gasteiger partial charge in [-0.25, -0.2) is 9.97 Å². The van der Waals surface area contributed by atoms with Crippen LogP contribution >= 0.6 is 0 Å². The second-order valence-corrected chi connectivity index (χ2v) is 8.12. The van der Waals surface area contributed by atoms with Gasteiger partial charge in [-0.1, -0.05) is 12.1 Å². The Morgan fingerprint density at radius 1 is 1.08 bits per heavy atom. The average molecular weight is 482 g/mol. The lowest BCUT2D eigenvalue weighted by Crippen LogP contribution is -2.28. The van der Waals surface area contributed by atoms with Gasteiger partial charge < -0.3 is 25.3 Å². The number of carbonyl (C=O) groups excluding carboxylic acids is 1. The van der Waals surface area contributed by atoms with E-state index < -0.39 is 6.10 Å². The third-order valence-corrected chi connectivity index (χ3v) is 5.80. The van der Waals surface area contributed by atoms with Gasteiger partial charge in [-0.15, -0.1) is 0 Å². The summed E-state index contributed by atoms with van der Waals surface area (Å²) < 4.78 is 5.37. The largest absolute Gasteiger partial charge is 0.507 e. The summed E-state index contributed by atoms with van der Waals surface area (Å²) in [5.74, 6) is 0.660. The monoisotopic (exact) mass is 481 g/mol. The molecule has 0 radical (unpaired) electrons. The number of pyridine rings is 2. The number of benzene rings is 2. The number of methoxy groups -OCH3 is 1. The first-order valence-corrected chi connectivity index (χ1v) is 11.2. The van der Waals surface area contributed by atoms with Gasteiger partial charge in [-0.3, -0.25) is 9.78 Å². The third-order valence-electron chi connectivity index (χ3n) is 5.80. The Balaban J connectivity index is 1.39. The number of aromatic nitrogens is 4. The molecule has 1 unspecified atom stereocenters. The summed E-state index contributed by atoms with van der Waals surface area (Å²) in [6.07, 6.45) is 3.97. The van der Waals surface area contributed by atoms with Crippen molar-refractivity contribution in [1.29, 1.82) is 0 Å². The number of aliphatic hydroxyl groups excluding tert-OH is 1. The standard InChI is InChI=1S/C27H23N5O4/c1-36-27-19(5-3-11-29-27)16-7-9-23(33)20(12-16)25-31-21-8-6-17(13-22(21)32-25)26(35)30-15-24(34)18-4-2-10-28-14-18/h2-14,24,33-34H,15H2,1H3,(H,30,35)(H,31,32). The number of H-pyrrole nitrogens is 1. The molecule has 9 nitrogen and oxygen atoms in total. The smallest absolute Gasteiger partial charge is 0.251 e. The number of aliphatic hydroxyl groups is 1. The van der Waals surface area contributed by atoms with Crippen molar-refractivity contribution in [3.63, 3.8) is 0 Å². The van der Waals surface area contributed by atoms with Gasteiger partial charge in [0.15, 0.2) is 0 Å². The number of ether oxygens (including phenoxy) is 1. The Hall–Kier alpha value is -4.76. The van der Waals surface area contributed by atoms with E-state index in [1.54, 1.807) is 74.2 Å². The number of imidazole rings is 1. The zero-order chi connectivity index (χ0) is 25.1. The number of aromatic amines is 1. The van der Waals surface area contributed by atoms with Crippen LogP contribution in [0.1, 0.15) is 22.0 Å². The van der Waals surface area contributed by atoms with Crippen LogP contribution in [-0.2, 0) is 0 Å². The van der Waals surface area contributed by atoms with Gasteiger partial charge in [0.05, 0.1) is 29.8 Å². The molecule has 0 bridgehead atoms. The minimum Gasteiger partial charge on any atom is -0.507 e. The molecule has 0 aliphatic heterocycles. The molecule has 180 valence electrons. The topological polar surface area (TPSA) is 133 Å². The van der Waals surface area contributed by atoms with Gasteiger partial charge in [0, 0.05) is 41.8 Å². The van der Waals surface area contributed by atoms with E-state index in [1.807, 2.05) is 12.1 Å².